The summed E-state index contributed by atoms with van der Waals surface area (Å²) in [6.07, 6.45) is -2.32. The van der Waals surface area contributed by atoms with Crippen molar-refractivity contribution in [3.8, 4) is 5.88 Å². The number of thiazole rings is 1. The lowest BCUT2D eigenvalue weighted by molar-refractivity contribution is -0.0473. The number of fused-ring (bicyclic) bond motifs is 1. The first-order valence-electron chi connectivity index (χ1n) is 18.4. The van der Waals surface area contributed by atoms with E-state index in [0.29, 0.717) is 17.1 Å². The van der Waals surface area contributed by atoms with Crippen molar-refractivity contribution >= 4 is 52.6 Å². The van der Waals surface area contributed by atoms with Gasteiger partial charge in [0, 0.05) is 0 Å². The van der Waals surface area contributed by atoms with Crippen molar-refractivity contribution in [2.75, 3.05) is 12.3 Å². The number of nitrogens with two attached hydrogens (primary N) is 1. The average molecular weight is 771 g/mol. The highest BCUT2D eigenvalue weighted by molar-refractivity contribution is 7.16. The Morgan fingerprint density at radius 1 is 0.780 bits per heavy atom. The summed E-state index contributed by atoms with van der Waals surface area (Å²) >= 11 is 0.946. The third-order valence-electron chi connectivity index (χ3n) is 11.3. The molecule has 4 rings (SSSR count). The molecule has 4 atom stereocenters. The quantitative estimate of drug-likeness (QED) is 0.112. The summed E-state index contributed by atoms with van der Waals surface area (Å²) in [5.41, 5.74) is 6.52. The predicted octanol–water partition coefficient (Wildman–Crippen LogP) is 7.57. The van der Waals surface area contributed by atoms with Gasteiger partial charge in [-0.05, 0) is 61.3 Å². The van der Waals surface area contributed by atoms with Gasteiger partial charge in [-0.1, -0.05) is 73.7 Å². The SMILES string of the molecule is CC[Si](CC)(CC)OC[C@H]1O[C@@H](n2c(=O)sc3c(OCc4oc(=O)oc4C)nc(N)nc32)[C@H](O[Si](CC)(CC)CC)[C@@H]1O[Si](CC)(CC)CC. The van der Waals surface area contributed by atoms with E-state index in [2.05, 4.69) is 72.3 Å². The Morgan fingerprint density at radius 2 is 1.32 bits per heavy atom. The van der Waals surface area contributed by atoms with E-state index in [1.807, 2.05) is 0 Å². The van der Waals surface area contributed by atoms with Gasteiger partial charge in [-0.15, -0.1) is 0 Å². The van der Waals surface area contributed by atoms with Gasteiger partial charge >= 0.3 is 10.7 Å². The van der Waals surface area contributed by atoms with Crippen LogP contribution in [0.4, 0.5) is 5.95 Å². The smallest absolute Gasteiger partial charge is 0.468 e. The van der Waals surface area contributed by atoms with Crippen LogP contribution in [0.1, 0.15) is 80.1 Å². The van der Waals surface area contributed by atoms with Crippen LogP contribution >= 0.6 is 11.3 Å². The standard InChI is InChI=1S/C33H58N4O9SSi3/c1-11-48(12-2,13-3)41-21-24-25(45-49(14-4,15-5)16-6)26(46-50(17-7,18-8)19-9)30(43-24)37-28-27(47-32(37)38)29(36-31(34)35-28)40-20-23-22(10)42-33(39)44-23/h24-26,30H,11-21H2,1-10H3,(H2,34,35,36)/t24-,25-,26-,30-/m1/s1. The Kier molecular flexibility index (Phi) is 13.9. The van der Waals surface area contributed by atoms with Gasteiger partial charge in [-0.25, -0.2) is 4.79 Å². The Labute approximate surface area is 302 Å². The van der Waals surface area contributed by atoms with E-state index < -0.39 is 55.3 Å². The molecule has 0 unspecified atom stereocenters. The van der Waals surface area contributed by atoms with E-state index in [-0.39, 0.29) is 34.7 Å². The minimum absolute atomic E-state index is 0.0778. The van der Waals surface area contributed by atoms with Gasteiger partial charge in [-0.2, -0.15) is 9.97 Å². The average Bonchev–Trinajstić information content (AvgIpc) is 3.75. The number of hydrogen-bond donors (Lipinski definition) is 1. The molecule has 1 saturated heterocycles. The van der Waals surface area contributed by atoms with Crippen LogP contribution in [0.5, 0.6) is 5.88 Å². The molecule has 1 fully saturated rings. The van der Waals surface area contributed by atoms with Gasteiger partial charge < -0.3 is 37.3 Å². The zero-order valence-electron chi connectivity index (χ0n) is 31.6. The molecule has 17 heteroatoms. The normalized spacial score (nSPS) is 20.3. The third kappa shape index (κ3) is 8.24. The summed E-state index contributed by atoms with van der Waals surface area (Å²) in [7, 11) is -6.46. The van der Waals surface area contributed by atoms with E-state index in [9.17, 15) is 9.59 Å². The number of ether oxygens (including phenoxy) is 2. The highest BCUT2D eigenvalue weighted by atomic mass is 32.1. The summed E-state index contributed by atoms with van der Waals surface area (Å²) in [5.74, 6) is -0.305. The topological polar surface area (TPSA) is 163 Å². The molecule has 50 heavy (non-hydrogen) atoms. The van der Waals surface area contributed by atoms with Crippen molar-refractivity contribution in [2.24, 2.45) is 0 Å². The minimum Gasteiger partial charge on any atom is -0.468 e. The summed E-state index contributed by atoms with van der Waals surface area (Å²) in [6, 6.07) is 8.65. The van der Waals surface area contributed by atoms with Crippen molar-refractivity contribution in [1.29, 1.82) is 0 Å². The monoisotopic (exact) mass is 770 g/mol. The van der Waals surface area contributed by atoms with Crippen LogP contribution in [0.25, 0.3) is 10.3 Å². The number of anilines is 1. The van der Waals surface area contributed by atoms with Crippen molar-refractivity contribution in [1.82, 2.24) is 14.5 Å². The Hall–Kier alpha value is -2.13. The van der Waals surface area contributed by atoms with Crippen LogP contribution < -0.4 is 21.2 Å². The molecule has 0 spiro atoms. The summed E-state index contributed by atoms with van der Waals surface area (Å²) in [5, 5.41) is 0. The fourth-order valence-electron chi connectivity index (χ4n) is 7.08. The number of aromatic nitrogens is 3. The maximum absolute atomic E-state index is 14.1. The van der Waals surface area contributed by atoms with E-state index >= 15 is 0 Å². The molecule has 0 radical (unpaired) electrons. The number of nitrogens with zero attached hydrogens (tertiary/aromatic N) is 3. The van der Waals surface area contributed by atoms with Crippen molar-refractivity contribution in [3.63, 3.8) is 0 Å². The molecule has 1 aliphatic rings. The Bertz CT molecular complexity index is 1640. The van der Waals surface area contributed by atoms with Crippen LogP contribution in [0.3, 0.4) is 0 Å². The molecule has 282 valence electrons. The van der Waals surface area contributed by atoms with Crippen molar-refractivity contribution < 1.29 is 31.6 Å². The highest BCUT2D eigenvalue weighted by Gasteiger charge is 2.54. The van der Waals surface area contributed by atoms with Gasteiger partial charge in [-0.3, -0.25) is 9.36 Å². The first-order chi connectivity index (χ1) is 23.9. The number of nitrogen functional groups attached to an aromatic ring is 1. The maximum Gasteiger partial charge on any atom is 0.519 e. The summed E-state index contributed by atoms with van der Waals surface area (Å²) in [6.45, 7) is 21.7. The summed E-state index contributed by atoms with van der Waals surface area (Å²) < 4.78 is 46.6. The fourth-order valence-corrected chi connectivity index (χ4v) is 16.3. The lowest BCUT2D eigenvalue weighted by Crippen LogP contribution is -2.52. The molecular formula is C33H58N4O9SSi3. The molecule has 2 N–H and O–H groups in total. The molecule has 1 aliphatic heterocycles. The number of rotatable bonds is 20. The van der Waals surface area contributed by atoms with Gasteiger partial charge in [0.1, 0.15) is 23.0 Å². The molecular weight excluding hydrogens is 713 g/mol. The van der Waals surface area contributed by atoms with Gasteiger partial charge in [0.15, 0.2) is 55.0 Å². The van der Waals surface area contributed by atoms with Crippen LogP contribution in [-0.4, -0.2) is 64.4 Å². The molecule has 0 saturated carbocycles. The largest absolute Gasteiger partial charge is 0.519 e. The molecule has 13 nitrogen and oxygen atoms in total. The number of hydrogen-bond acceptors (Lipinski definition) is 13. The number of aryl methyl sites for hydroxylation is 1. The second-order valence-electron chi connectivity index (χ2n) is 13.3. The first-order valence-corrected chi connectivity index (χ1v) is 26.8. The highest BCUT2D eigenvalue weighted by Crippen LogP contribution is 2.42. The summed E-state index contributed by atoms with van der Waals surface area (Å²) in [4.78, 5) is 34.3. The molecule has 0 amide bonds. The van der Waals surface area contributed by atoms with Crippen LogP contribution in [-0.2, 0) is 24.6 Å². The zero-order chi connectivity index (χ0) is 36.9. The molecule has 3 aromatic rings. The molecule has 4 heterocycles. The van der Waals surface area contributed by atoms with Gasteiger partial charge in [0.05, 0.1) is 6.61 Å². The van der Waals surface area contributed by atoms with Gasteiger partial charge in [0.25, 0.3) is 0 Å². The van der Waals surface area contributed by atoms with E-state index in [1.165, 1.54) is 0 Å². The Balaban J connectivity index is 1.88. The Morgan fingerprint density at radius 3 is 1.82 bits per heavy atom. The van der Waals surface area contributed by atoms with Crippen molar-refractivity contribution in [2.45, 2.75) is 155 Å². The van der Waals surface area contributed by atoms with Crippen LogP contribution in [0.15, 0.2) is 18.4 Å². The van der Waals surface area contributed by atoms with E-state index in [0.717, 1.165) is 65.7 Å². The molecule has 0 aliphatic carbocycles. The second-order valence-corrected chi connectivity index (χ2v) is 28.5. The lowest BCUT2D eigenvalue weighted by Gasteiger charge is -2.40. The second kappa shape index (κ2) is 17.1. The van der Waals surface area contributed by atoms with E-state index in [4.69, 9.17) is 37.3 Å². The van der Waals surface area contributed by atoms with Crippen molar-refractivity contribution in [3.05, 3.63) is 31.8 Å². The molecule has 0 aromatic carbocycles. The molecule has 3 aromatic heterocycles. The maximum atomic E-state index is 14.1. The fraction of sp³-hybridized carbons (Fsp3) is 0.758. The van der Waals surface area contributed by atoms with Crippen LogP contribution in [0.2, 0.25) is 54.4 Å². The minimum atomic E-state index is -2.27. The zero-order valence-corrected chi connectivity index (χ0v) is 35.4. The molecule has 0 bridgehead atoms. The van der Waals surface area contributed by atoms with Crippen LogP contribution in [0, 0.1) is 6.92 Å². The van der Waals surface area contributed by atoms with E-state index in [1.54, 1.807) is 11.5 Å². The predicted molar refractivity (Wildman–Crippen MR) is 204 cm³/mol. The third-order valence-corrected chi connectivity index (χ3v) is 26.1. The van der Waals surface area contributed by atoms with Gasteiger partial charge in [0.2, 0.25) is 11.8 Å². The first kappa shape index (κ1) is 40.6. The lowest BCUT2D eigenvalue weighted by atomic mass is 10.1.